The lowest BCUT2D eigenvalue weighted by Crippen LogP contribution is -2.36. The Labute approximate surface area is 429 Å². The van der Waals surface area contributed by atoms with E-state index in [4.69, 9.17) is 0 Å². The zero-order valence-corrected chi connectivity index (χ0v) is 39.9. The van der Waals surface area contributed by atoms with Gasteiger partial charge < -0.3 is 0 Å². The second-order valence-corrected chi connectivity index (χ2v) is 21.1. The van der Waals surface area contributed by atoms with Crippen LogP contribution in [0.4, 0.5) is 0 Å². The van der Waals surface area contributed by atoms with Gasteiger partial charge in [0, 0.05) is 27.8 Å². The molecule has 2 aliphatic heterocycles. The molecule has 0 saturated carbocycles. The van der Waals surface area contributed by atoms with Crippen LogP contribution in [0.25, 0.3) is 97.3 Å². The van der Waals surface area contributed by atoms with Gasteiger partial charge in [0.15, 0.2) is 0 Å². The molecule has 0 atom stereocenters. The van der Waals surface area contributed by atoms with Crippen LogP contribution < -0.4 is 0 Å². The van der Waals surface area contributed by atoms with Gasteiger partial charge in [0.05, 0.1) is 5.41 Å². The van der Waals surface area contributed by atoms with E-state index in [2.05, 4.69) is 188 Å². The average molecular weight is 943 g/mol. The summed E-state index contributed by atoms with van der Waals surface area (Å²) in [6, 6.07) is 80.8. The summed E-state index contributed by atoms with van der Waals surface area (Å²) in [5.74, 6) is 0. The molecule has 2 heterocycles. The van der Waals surface area contributed by atoms with Gasteiger partial charge in [-0.2, -0.15) is 0 Å². The fraction of sp³-hybridized carbons (Fsp3) is 0.0435. The van der Waals surface area contributed by atoms with Crippen molar-refractivity contribution in [3.63, 3.8) is 0 Å². The second-order valence-electron chi connectivity index (χ2n) is 18.9. The van der Waals surface area contributed by atoms with Crippen LogP contribution in [-0.2, 0) is 5.41 Å². The van der Waals surface area contributed by atoms with Gasteiger partial charge >= 0.3 is 0 Å². The summed E-state index contributed by atoms with van der Waals surface area (Å²) in [5, 5.41) is 16.6. The molecule has 13 aromatic rings. The van der Waals surface area contributed by atoms with Gasteiger partial charge in [-0.3, -0.25) is 0 Å². The quantitative estimate of drug-likeness (QED) is 0.161. The van der Waals surface area contributed by atoms with E-state index < -0.39 is 19.1 Å². The lowest BCUT2D eigenvalue weighted by molar-refractivity contribution is 0.667. The molecule has 0 saturated heterocycles. The monoisotopic (exact) mass is 942 g/mol. The second kappa shape index (κ2) is 15.6. The minimum absolute atomic E-state index is 0.0964. The van der Waals surface area contributed by atoms with E-state index in [9.17, 15) is 8.22 Å². The minimum Gasteiger partial charge on any atom is -0.0894 e. The molecule has 332 valence electrons. The van der Waals surface area contributed by atoms with Crippen molar-refractivity contribution in [2.75, 3.05) is 0 Å². The molecule has 13 aromatic carbocycles. The maximum atomic E-state index is 9.50. The first-order chi connectivity index (χ1) is 37.5. The number of hydrogen-bond donors (Lipinski definition) is 0. The van der Waals surface area contributed by atoms with Crippen LogP contribution in [0.3, 0.4) is 0 Å². The first-order valence-electron chi connectivity index (χ1n) is 27.2. The smallest absolute Gasteiger partial charge is 0.0745 e. The van der Waals surface area contributed by atoms with Gasteiger partial charge in [0.25, 0.3) is 0 Å². The summed E-state index contributed by atoms with van der Waals surface area (Å²) in [6.07, 6.45) is 0. The Morgan fingerprint density at radius 2 is 0.606 bits per heavy atom. The Hall–Kier alpha value is -7.88. The van der Waals surface area contributed by atoms with Crippen LogP contribution in [0, 0.1) is 13.7 Å². The third kappa shape index (κ3) is 5.78. The Morgan fingerprint density at radius 3 is 1.00 bits per heavy atom. The first kappa shape index (κ1) is 35.3. The van der Waals surface area contributed by atoms with E-state index in [1.807, 2.05) is 36.4 Å². The molecule has 0 amide bonds. The van der Waals surface area contributed by atoms with Crippen LogP contribution in [-0.4, -0.2) is 0 Å². The molecular weight excluding hydrogens is 893 g/mol. The Balaban J connectivity index is 1.14. The molecule has 71 heavy (non-hydrogen) atoms. The molecule has 0 bridgehead atoms. The van der Waals surface area contributed by atoms with E-state index >= 15 is 0 Å². The van der Waals surface area contributed by atoms with Crippen molar-refractivity contribution in [2.24, 2.45) is 0 Å². The van der Waals surface area contributed by atoms with Crippen molar-refractivity contribution < 1.29 is 8.22 Å². The summed E-state index contributed by atoms with van der Waals surface area (Å²) >= 11 is 3.29. The van der Waals surface area contributed by atoms with Crippen molar-refractivity contribution in [2.45, 2.75) is 38.7 Å². The van der Waals surface area contributed by atoms with Crippen LogP contribution in [0.5, 0.6) is 0 Å². The molecule has 0 unspecified atom stereocenters. The topological polar surface area (TPSA) is 0 Å². The number of aryl methyl sites for hydroxylation is 2. The van der Waals surface area contributed by atoms with Gasteiger partial charge in [-0.25, -0.2) is 0 Å². The molecular formula is C69H44S2. The average Bonchev–Trinajstić information content (AvgIpc) is 3.64. The molecule has 15 rings (SSSR count). The van der Waals surface area contributed by atoms with Crippen LogP contribution in [0.1, 0.15) is 41.6 Å². The van der Waals surface area contributed by atoms with Gasteiger partial charge in [0.1, 0.15) is 0 Å². The lowest BCUT2D eigenvalue weighted by atomic mass is 9.64. The highest BCUT2D eigenvalue weighted by molar-refractivity contribution is 8.00. The number of fused-ring (bicyclic) bond motifs is 24. The molecule has 0 radical (unpaired) electrons. The van der Waals surface area contributed by atoms with Crippen molar-refractivity contribution in [1.29, 1.82) is 0 Å². The summed E-state index contributed by atoms with van der Waals surface area (Å²) in [6.45, 7) is -5.27. The predicted octanol–water partition coefficient (Wildman–Crippen LogP) is 19.6. The molecule has 0 aliphatic carbocycles. The first-order valence-corrected chi connectivity index (χ1v) is 25.8. The molecule has 0 aromatic heterocycles. The normalized spacial score (nSPS) is 15.1. The van der Waals surface area contributed by atoms with Crippen LogP contribution in [0.2, 0.25) is 0 Å². The minimum atomic E-state index is -2.66. The van der Waals surface area contributed by atoms with E-state index in [-0.39, 0.29) is 11.1 Å². The number of benzene rings is 11. The molecule has 1 spiro atoms. The Morgan fingerprint density at radius 1 is 0.282 bits per heavy atom. The van der Waals surface area contributed by atoms with E-state index in [1.54, 1.807) is 29.6 Å². The predicted molar refractivity (Wildman–Crippen MR) is 306 cm³/mol. The summed E-state index contributed by atoms with van der Waals surface area (Å²) in [7, 11) is 0. The maximum absolute atomic E-state index is 9.50. The highest BCUT2D eigenvalue weighted by atomic mass is 32.2. The van der Waals surface area contributed by atoms with Gasteiger partial charge in [-0.1, -0.05) is 218 Å². The summed E-state index contributed by atoms with van der Waals surface area (Å²) < 4.78 is 56.4. The summed E-state index contributed by atoms with van der Waals surface area (Å²) in [4.78, 5) is 3.96. The van der Waals surface area contributed by atoms with Gasteiger partial charge in [0.2, 0.25) is 0 Å². The zero-order chi connectivity index (χ0) is 52.0. The Kier molecular flexibility index (Phi) is 7.73. The van der Waals surface area contributed by atoms with Gasteiger partial charge in [-0.15, -0.1) is 0 Å². The van der Waals surface area contributed by atoms with E-state index in [0.717, 1.165) is 117 Å². The molecule has 2 aliphatic rings. The molecule has 0 nitrogen and oxygen atoms in total. The van der Waals surface area contributed by atoms with E-state index in [1.165, 1.54) is 10.8 Å². The third-order valence-electron chi connectivity index (χ3n) is 15.4. The highest BCUT2D eigenvalue weighted by Crippen LogP contribution is 2.63. The van der Waals surface area contributed by atoms with Crippen molar-refractivity contribution >= 4 is 110 Å². The maximum Gasteiger partial charge on any atom is 0.0745 e. The highest BCUT2D eigenvalue weighted by Gasteiger charge is 2.49. The fourth-order valence-electron chi connectivity index (χ4n) is 12.5. The molecule has 0 fully saturated rings. The van der Waals surface area contributed by atoms with Crippen LogP contribution >= 0.6 is 23.5 Å². The van der Waals surface area contributed by atoms with Crippen molar-refractivity contribution in [3.8, 4) is 11.1 Å². The Bertz CT molecular complexity index is 4740. The third-order valence-corrected chi connectivity index (χ3v) is 17.8. The van der Waals surface area contributed by atoms with Crippen molar-refractivity contribution in [3.05, 3.63) is 264 Å². The lowest BCUT2D eigenvalue weighted by Gasteiger charge is -2.46. The fourth-order valence-corrected chi connectivity index (χ4v) is 15.0. The molecule has 0 N–H and O–H groups in total. The van der Waals surface area contributed by atoms with E-state index in [0.29, 0.717) is 11.1 Å². The largest absolute Gasteiger partial charge is 0.0894 e. The SMILES string of the molecule is [2H]C([2H])([2H])c1cc2c3ccccc3c3cc4c5ccccc5c5ccccc5c5ccccc5c4cc3c3ccccc3c2cc1-c1c(C([2H])([2H])[2H])ccc2c1Sc1ccccc1C21c2ccccc2Sc2ccccc21. The summed E-state index contributed by atoms with van der Waals surface area (Å²) in [5.41, 5.74) is 4.40. The van der Waals surface area contributed by atoms with Crippen molar-refractivity contribution in [1.82, 2.24) is 0 Å². The van der Waals surface area contributed by atoms with Gasteiger partial charge in [-0.05, 0) is 181 Å². The van der Waals surface area contributed by atoms with Crippen LogP contribution in [0.15, 0.2) is 250 Å². The number of hydrogen-bond acceptors (Lipinski definition) is 2. The number of rotatable bonds is 1. The zero-order valence-electron chi connectivity index (χ0n) is 44.3. The molecule has 2 heteroatoms. The standard InChI is InChI=1S/C69H44S2/c1-41-35-36-63-68(71-66-34-18-15-31-62(66)69(63)60-29-13-16-32-64(60)70-65-33-17-14-30-61(65)69)67(41)53-38-55-51-27-11-12-28-52(51)59-40-57-48-24-8-6-22-46(48)44-20-4-3-19-43(44)45-21-5-7-23-47(45)56(57)39-58(59)50-26-10-9-25-49(50)54(55)37-42(53)2/h3-40H,1-2H3/i1D3,2D3.